The topological polar surface area (TPSA) is 164 Å². The number of aliphatic hydroxyl groups is 1. The maximum Gasteiger partial charge on any atom is 0.404 e. The van der Waals surface area contributed by atoms with Crippen LogP contribution >= 0.6 is 24.0 Å². The number of rotatable bonds is 17. The Bertz CT molecular complexity index is 1280. The molecule has 3 atom stereocenters. The minimum atomic E-state index is -0.973. The molecule has 0 bridgehead atoms. The number of nitrogens with zero attached hydrogens (tertiary/aromatic N) is 2. The molecule has 1 unspecified atom stereocenters. The van der Waals surface area contributed by atoms with Gasteiger partial charge in [0.25, 0.3) is 0 Å². The summed E-state index contributed by atoms with van der Waals surface area (Å²) in [7, 11) is 0. The zero-order chi connectivity index (χ0) is 33.0. The highest BCUT2D eigenvalue weighted by Gasteiger charge is 2.44. The summed E-state index contributed by atoms with van der Waals surface area (Å²) < 4.78 is 3.81. The molecule has 4 amide bonds. The molecule has 2 aromatic rings. The van der Waals surface area contributed by atoms with E-state index < -0.39 is 34.9 Å². The van der Waals surface area contributed by atoms with Gasteiger partial charge in [0.2, 0.25) is 17.7 Å². The Hall–Kier alpha value is -3.16. The molecule has 2 heterocycles. The molecular weight excluding hydrogens is 615 g/mol. The Balaban J connectivity index is 1.48. The van der Waals surface area contributed by atoms with Gasteiger partial charge in [0.1, 0.15) is 12.1 Å². The molecule has 1 aromatic heterocycles. The average molecular weight is 662 g/mol. The number of carbonyl (C=O) groups is 4. The number of thiazole rings is 1. The number of aromatic nitrogens is 1. The van der Waals surface area contributed by atoms with Gasteiger partial charge in [-0.05, 0) is 44.7 Å². The number of nitrogens with one attached hydrogen (secondary N) is 2. The van der Waals surface area contributed by atoms with Gasteiger partial charge >= 0.3 is 6.09 Å². The van der Waals surface area contributed by atoms with E-state index in [9.17, 15) is 24.3 Å². The van der Waals surface area contributed by atoms with Gasteiger partial charge in [0.05, 0.1) is 28.8 Å². The van der Waals surface area contributed by atoms with Crippen molar-refractivity contribution < 1.29 is 29.0 Å². The van der Waals surface area contributed by atoms with Crippen LogP contribution in [0.25, 0.3) is 10.4 Å². The molecule has 45 heavy (non-hydrogen) atoms. The normalized spacial score (nSPS) is 17.1. The van der Waals surface area contributed by atoms with Crippen molar-refractivity contribution in [1.29, 1.82) is 0 Å². The fraction of sp³-hybridized carbons (Fsp3) is 0.594. The highest BCUT2D eigenvalue weighted by atomic mass is 32.1. The van der Waals surface area contributed by atoms with Crippen LogP contribution in [-0.2, 0) is 25.7 Å². The third-order valence-electron chi connectivity index (χ3n) is 7.84. The van der Waals surface area contributed by atoms with Gasteiger partial charge in [-0.25, -0.2) is 9.78 Å². The molecule has 11 nitrogen and oxygen atoms in total. The van der Waals surface area contributed by atoms with Gasteiger partial charge in [-0.3, -0.25) is 14.4 Å². The second-order valence-corrected chi connectivity index (χ2v) is 14.1. The number of thiol groups is 1. The minimum absolute atomic E-state index is 0.00466. The summed E-state index contributed by atoms with van der Waals surface area (Å²) in [4.78, 5) is 57.2. The number of ether oxygens (including phenoxy) is 1. The van der Waals surface area contributed by atoms with Crippen molar-refractivity contribution in [3.05, 3.63) is 41.0 Å². The van der Waals surface area contributed by atoms with E-state index in [0.29, 0.717) is 13.0 Å². The summed E-state index contributed by atoms with van der Waals surface area (Å²) in [5.41, 5.74) is 9.69. The maximum atomic E-state index is 13.7. The van der Waals surface area contributed by atoms with Crippen LogP contribution in [0, 0.1) is 6.92 Å². The van der Waals surface area contributed by atoms with E-state index in [4.69, 9.17) is 10.5 Å². The van der Waals surface area contributed by atoms with E-state index in [1.165, 1.54) is 4.90 Å². The van der Waals surface area contributed by atoms with Gasteiger partial charge in [0.15, 0.2) is 0 Å². The molecule has 5 N–H and O–H groups in total. The number of primary amides is 1. The van der Waals surface area contributed by atoms with Gasteiger partial charge in [-0.1, -0.05) is 56.4 Å². The smallest absolute Gasteiger partial charge is 0.404 e. The SMILES string of the molecule is Cc1ncsc1-c1ccc(CNC(=O)[C@@H]2C[C@@H](O)CN2C(=O)C(NC(=O)CCCCCCCCCOC(N)=O)C(C)(C)S)cc1. The Labute approximate surface area is 275 Å². The fourth-order valence-electron chi connectivity index (χ4n) is 5.35. The molecule has 1 fully saturated rings. The summed E-state index contributed by atoms with van der Waals surface area (Å²) in [6, 6.07) is 6.04. The van der Waals surface area contributed by atoms with E-state index >= 15 is 0 Å². The first-order valence-corrected chi connectivity index (χ1v) is 16.9. The maximum absolute atomic E-state index is 13.7. The molecule has 0 aliphatic carbocycles. The van der Waals surface area contributed by atoms with E-state index in [0.717, 1.165) is 60.2 Å². The van der Waals surface area contributed by atoms with E-state index in [1.54, 1.807) is 25.2 Å². The highest BCUT2D eigenvalue weighted by Crippen LogP contribution is 2.28. The Kier molecular flexibility index (Phi) is 14.1. The second kappa shape index (κ2) is 17.5. The van der Waals surface area contributed by atoms with Crippen LogP contribution in [0.4, 0.5) is 4.79 Å². The Morgan fingerprint density at radius 2 is 1.76 bits per heavy atom. The van der Waals surface area contributed by atoms with Gasteiger partial charge < -0.3 is 31.1 Å². The lowest BCUT2D eigenvalue weighted by atomic mass is 10.00. The molecule has 1 aliphatic heterocycles. The summed E-state index contributed by atoms with van der Waals surface area (Å²) in [5.74, 6) is -1.05. The summed E-state index contributed by atoms with van der Waals surface area (Å²) in [5, 5.41) is 16.2. The van der Waals surface area contributed by atoms with Crippen LogP contribution in [0.1, 0.15) is 82.9 Å². The molecule has 248 valence electrons. The number of carbonyl (C=O) groups excluding carboxylic acids is 4. The van der Waals surface area contributed by atoms with Crippen LogP contribution in [0.15, 0.2) is 29.8 Å². The third-order valence-corrected chi connectivity index (χ3v) is 9.08. The van der Waals surface area contributed by atoms with Gasteiger partial charge in [0, 0.05) is 30.7 Å². The molecular formula is C32H47N5O6S2. The quantitative estimate of drug-likeness (QED) is 0.126. The zero-order valence-corrected chi connectivity index (χ0v) is 28.1. The van der Waals surface area contributed by atoms with Crippen LogP contribution in [0.2, 0.25) is 0 Å². The number of hydrogen-bond donors (Lipinski definition) is 5. The van der Waals surface area contributed by atoms with Crippen molar-refractivity contribution in [3.8, 4) is 10.4 Å². The lowest BCUT2D eigenvalue weighted by Crippen LogP contribution is -2.59. The predicted molar refractivity (Wildman–Crippen MR) is 178 cm³/mol. The van der Waals surface area contributed by atoms with Crippen molar-refractivity contribution in [3.63, 3.8) is 0 Å². The van der Waals surface area contributed by atoms with Crippen molar-refractivity contribution >= 4 is 47.8 Å². The van der Waals surface area contributed by atoms with Crippen molar-refractivity contribution in [2.75, 3.05) is 13.2 Å². The van der Waals surface area contributed by atoms with E-state index in [-0.39, 0.29) is 37.7 Å². The summed E-state index contributed by atoms with van der Waals surface area (Å²) in [6.07, 6.45) is 5.07. The number of amides is 4. The van der Waals surface area contributed by atoms with Crippen LogP contribution < -0.4 is 16.4 Å². The predicted octanol–water partition coefficient (Wildman–Crippen LogP) is 4.11. The largest absolute Gasteiger partial charge is 0.450 e. The van der Waals surface area contributed by atoms with Crippen LogP contribution in [-0.4, -0.2) is 74.9 Å². The van der Waals surface area contributed by atoms with Gasteiger partial charge in [-0.2, -0.15) is 12.6 Å². The molecule has 0 spiro atoms. The number of hydrogen-bond acceptors (Lipinski definition) is 9. The van der Waals surface area contributed by atoms with E-state index in [2.05, 4.69) is 28.2 Å². The number of benzene rings is 1. The Morgan fingerprint density at radius 1 is 1.11 bits per heavy atom. The average Bonchev–Trinajstić information content (AvgIpc) is 3.60. The molecule has 1 aromatic carbocycles. The molecule has 0 radical (unpaired) electrons. The van der Waals surface area contributed by atoms with Crippen molar-refractivity contribution in [1.82, 2.24) is 20.5 Å². The number of β-amino-alcohol motifs (C(OH)–C–C–N with tert-alkyl or cyclic N) is 1. The first-order chi connectivity index (χ1) is 21.4. The summed E-state index contributed by atoms with van der Waals surface area (Å²) in [6.45, 7) is 6.07. The number of aryl methyl sites for hydroxylation is 1. The molecule has 1 saturated heterocycles. The van der Waals surface area contributed by atoms with E-state index in [1.807, 2.05) is 36.7 Å². The molecule has 13 heteroatoms. The number of aliphatic hydroxyl groups excluding tert-OH is 1. The molecule has 0 saturated carbocycles. The first kappa shape index (κ1) is 36.3. The van der Waals surface area contributed by atoms with Crippen LogP contribution in [0.5, 0.6) is 0 Å². The monoisotopic (exact) mass is 661 g/mol. The first-order valence-electron chi connectivity index (χ1n) is 15.6. The van der Waals surface area contributed by atoms with Crippen molar-refractivity contribution in [2.45, 2.75) is 108 Å². The summed E-state index contributed by atoms with van der Waals surface area (Å²) >= 11 is 6.18. The van der Waals surface area contributed by atoms with Gasteiger partial charge in [-0.15, -0.1) is 11.3 Å². The molecule has 1 aliphatic rings. The second-order valence-electron chi connectivity index (χ2n) is 12.1. The Morgan fingerprint density at radius 3 is 2.36 bits per heavy atom. The lowest BCUT2D eigenvalue weighted by Gasteiger charge is -2.34. The number of nitrogens with two attached hydrogens (primary N) is 1. The zero-order valence-electron chi connectivity index (χ0n) is 26.4. The lowest BCUT2D eigenvalue weighted by molar-refractivity contribution is -0.142. The fourth-order valence-corrected chi connectivity index (χ4v) is 6.34. The number of unbranched alkanes of at least 4 members (excludes halogenated alkanes) is 6. The highest BCUT2D eigenvalue weighted by molar-refractivity contribution is 7.81. The molecule has 3 rings (SSSR count). The number of likely N-dealkylation sites (tertiary alicyclic amines) is 1. The minimum Gasteiger partial charge on any atom is -0.450 e. The van der Waals surface area contributed by atoms with Crippen LogP contribution in [0.3, 0.4) is 0 Å². The standard InChI is InChI=1S/C32H47N5O6S2/c1-21-27(45-20-35-21)23-14-12-22(13-15-23)18-34-29(40)25-17-24(38)19-37(25)30(41)28(32(2,3)44)36-26(39)11-9-7-5-4-6-8-10-16-43-31(33)42/h12-15,20,24-25,28,38,44H,4-11,16-19H2,1-3H3,(H2,33,42)(H,34,40)(H,36,39)/t24-,25+,28?/m1/s1. The van der Waals surface area contributed by atoms with Crippen molar-refractivity contribution in [2.24, 2.45) is 5.73 Å². The third kappa shape index (κ3) is 11.6.